The van der Waals surface area contributed by atoms with Crippen molar-refractivity contribution >= 4 is 17.6 Å². The lowest BCUT2D eigenvalue weighted by Gasteiger charge is -2.18. The fourth-order valence-electron chi connectivity index (χ4n) is 3.53. The predicted molar refractivity (Wildman–Crippen MR) is 107 cm³/mol. The maximum absolute atomic E-state index is 12.7. The molecule has 0 aliphatic carbocycles. The Balaban J connectivity index is 1.60. The van der Waals surface area contributed by atoms with Crippen molar-refractivity contribution in [1.29, 1.82) is 0 Å². The van der Waals surface area contributed by atoms with Crippen molar-refractivity contribution in [2.45, 2.75) is 32.9 Å². The normalized spacial score (nSPS) is 16.3. The number of benzene rings is 2. The van der Waals surface area contributed by atoms with E-state index in [0.717, 1.165) is 35.3 Å². The maximum atomic E-state index is 12.7. The third-order valence-corrected chi connectivity index (χ3v) is 4.91. The number of rotatable bonds is 7. The Kier molecular flexibility index (Phi) is 6.31. The topological polar surface area (TPSA) is 67.9 Å². The SMILES string of the molecule is COC(=O)COc1c(C)cc(CNC2CCN(c3ccccc3)C2=O)cc1C. The van der Waals surface area contributed by atoms with Gasteiger partial charge in [0.15, 0.2) is 6.61 Å². The Labute approximate surface area is 165 Å². The van der Waals surface area contributed by atoms with Crippen LogP contribution in [-0.2, 0) is 20.9 Å². The van der Waals surface area contributed by atoms with Crippen LogP contribution in [0.2, 0.25) is 0 Å². The fourth-order valence-corrected chi connectivity index (χ4v) is 3.53. The zero-order valence-electron chi connectivity index (χ0n) is 16.5. The predicted octanol–water partition coefficient (Wildman–Crippen LogP) is 2.75. The molecule has 1 amide bonds. The quantitative estimate of drug-likeness (QED) is 0.746. The molecule has 148 valence electrons. The van der Waals surface area contributed by atoms with Crippen LogP contribution in [-0.4, -0.2) is 38.2 Å². The highest BCUT2D eigenvalue weighted by Crippen LogP contribution is 2.26. The molecule has 0 radical (unpaired) electrons. The molecule has 1 fully saturated rings. The number of amides is 1. The van der Waals surface area contributed by atoms with E-state index >= 15 is 0 Å². The van der Waals surface area contributed by atoms with Crippen molar-refractivity contribution in [3.63, 3.8) is 0 Å². The number of esters is 1. The molecule has 1 aliphatic rings. The molecule has 2 aromatic rings. The van der Waals surface area contributed by atoms with E-state index in [4.69, 9.17) is 4.74 Å². The summed E-state index contributed by atoms with van der Waals surface area (Å²) in [6.07, 6.45) is 0.784. The first kappa shape index (κ1) is 19.9. The molecular formula is C22H26N2O4. The van der Waals surface area contributed by atoms with Crippen LogP contribution >= 0.6 is 0 Å². The molecule has 1 unspecified atom stereocenters. The Hall–Kier alpha value is -2.86. The van der Waals surface area contributed by atoms with E-state index in [9.17, 15) is 9.59 Å². The number of carbonyl (C=O) groups excluding carboxylic acids is 2. The molecule has 1 heterocycles. The molecule has 2 aromatic carbocycles. The summed E-state index contributed by atoms with van der Waals surface area (Å²) in [7, 11) is 1.34. The summed E-state index contributed by atoms with van der Waals surface area (Å²) in [5.74, 6) is 0.395. The highest BCUT2D eigenvalue weighted by atomic mass is 16.6. The summed E-state index contributed by atoms with van der Waals surface area (Å²) in [5, 5.41) is 3.37. The van der Waals surface area contributed by atoms with Crippen molar-refractivity contribution in [1.82, 2.24) is 5.32 Å². The van der Waals surface area contributed by atoms with Gasteiger partial charge in [-0.3, -0.25) is 4.79 Å². The second-order valence-electron chi connectivity index (χ2n) is 6.97. The summed E-state index contributed by atoms with van der Waals surface area (Å²) in [5.41, 5.74) is 3.91. The lowest BCUT2D eigenvalue weighted by Crippen LogP contribution is -2.38. The van der Waals surface area contributed by atoms with E-state index in [2.05, 4.69) is 10.1 Å². The van der Waals surface area contributed by atoms with Gasteiger partial charge in [-0.25, -0.2) is 4.79 Å². The first-order chi connectivity index (χ1) is 13.5. The van der Waals surface area contributed by atoms with E-state index in [1.165, 1.54) is 7.11 Å². The second kappa shape index (κ2) is 8.89. The van der Waals surface area contributed by atoms with Gasteiger partial charge in [0.2, 0.25) is 5.91 Å². The number of ether oxygens (including phenoxy) is 2. The average Bonchev–Trinajstić information content (AvgIpc) is 3.06. The van der Waals surface area contributed by atoms with Crippen molar-refractivity contribution in [2.24, 2.45) is 0 Å². The zero-order chi connectivity index (χ0) is 20.1. The smallest absolute Gasteiger partial charge is 0.343 e. The van der Waals surface area contributed by atoms with Gasteiger partial charge in [-0.2, -0.15) is 0 Å². The fraction of sp³-hybridized carbons (Fsp3) is 0.364. The molecule has 0 spiro atoms. The number of hydrogen-bond donors (Lipinski definition) is 1. The van der Waals surface area contributed by atoms with Gasteiger partial charge in [0.05, 0.1) is 13.2 Å². The molecule has 1 atom stereocenters. The number of carbonyl (C=O) groups is 2. The van der Waals surface area contributed by atoms with Crippen LogP contribution in [0.4, 0.5) is 5.69 Å². The lowest BCUT2D eigenvalue weighted by atomic mass is 10.1. The van der Waals surface area contributed by atoms with E-state index in [1.54, 1.807) is 0 Å². The molecule has 3 rings (SSSR count). The van der Waals surface area contributed by atoms with Crippen LogP contribution in [0.3, 0.4) is 0 Å². The van der Waals surface area contributed by atoms with Crippen molar-refractivity contribution < 1.29 is 19.1 Å². The van der Waals surface area contributed by atoms with Gasteiger partial charge in [-0.15, -0.1) is 0 Å². The Morgan fingerprint density at radius 2 is 1.86 bits per heavy atom. The van der Waals surface area contributed by atoms with Gasteiger partial charge in [-0.05, 0) is 49.1 Å². The number of hydrogen-bond acceptors (Lipinski definition) is 5. The first-order valence-electron chi connectivity index (χ1n) is 9.39. The molecular weight excluding hydrogens is 356 g/mol. The number of methoxy groups -OCH3 is 1. The molecule has 28 heavy (non-hydrogen) atoms. The molecule has 0 aromatic heterocycles. The summed E-state index contributed by atoms with van der Waals surface area (Å²) in [4.78, 5) is 25.8. The highest BCUT2D eigenvalue weighted by Gasteiger charge is 2.31. The summed E-state index contributed by atoms with van der Waals surface area (Å²) < 4.78 is 10.2. The number of aryl methyl sites for hydroxylation is 2. The second-order valence-corrected chi connectivity index (χ2v) is 6.97. The summed E-state index contributed by atoms with van der Waals surface area (Å²) in [6.45, 7) is 5.10. The van der Waals surface area contributed by atoms with Crippen LogP contribution < -0.4 is 15.0 Å². The van der Waals surface area contributed by atoms with Gasteiger partial charge < -0.3 is 19.7 Å². The molecule has 0 saturated carbocycles. The van der Waals surface area contributed by atoms with Crippen LogP contribution in [0.25, 0.3) is 0 Å². The van der Waals surface area contributed by atoms with Crippen molar-refractivity contribution in [3.8, 4) is 5.75 Å². The van der Waals surface area contributed by atoms with E-state index in [0.29, 0.717) is 12.3 Å². The molecule has 1 aliphatic heterocycles. The third-order valence-electron chi connectivity index (χ3n) is 4.91. The molecule has 6 heteroatoms. The van der Waals surface area contributed by atoms with Gasteiger partial charge in [0.1, 0.15) is 5.75 Å². The number of anilines is 1. The summed E-state index contributed by atoms with van der Waals surface area (Å²) in [6, 6.07) is 13.6. The number of para-hydroxylation sites is 1. The van der Waals surface area contributed by atoms with Crippen LogP contribution in [0.5, 0.6) is 5.75 Å². The standard InChI is InChI=1S/C22H26N2O4/c1-15-11-17(12-16(2)21(15)28-14-20(25)27-3)13-23-19-9-10-24(22(19)26)18-7-5-4-6-8-18/h4-8,11-12,19,23H,9-10,13-14H2,1-3H3. The molecule has 6 nitrogen and oxygen atoms in total. The van der Waals surface area contributed by atoms with Crippen LogP contribution in [0, 0.1) is 13.8 Å². The van der Waals surface area contributed by atoms with Crippen molar-refractivity contribution in [3.05, 3.63) is 59.2 Å². The molecule has 1 saturated heterocycles. The molecule has 0 bridgehead atoms. The minimum atomic E-state index is -0.410. The minimum Gasteiger partial charge on any atom is -0.481 e. The van der Waals surface area contributed by atoms with Gasteiger partial charge in [0, 0.05) is 18.8 Å². The van der Waals surface area contributed by atoms with E-state index < -0.39 is 5.97 Å². The van der Waals surface area contributed by atoms with E-state index in [-0.39, 0.29) is 18.6 Å². The third kappa shape index (κ3) is 4.51. The van der Waals surface area contributed by atoms with Gasteiger partial charge in [-0.1, -0.05) is 30.3 Å². The first-order valence-corrected chi connectivity index (χ1v) is 9.39. The monoisotopic (exact) mass is 382 g/mol. The van der Waals surface area contributed by atoms with Crippen molar-refractivity contribution in [2.75, 3.05) is 25.2 Å². The highest BCUT2D eigenvalue weighted by molar-refractivity contribution is 5.99. The Morgan fingerprint density at radius 3 is 2.50 bits per heavy atom. The Morgan fingerprint density at radius 1 is 1.18 bits per heavy atom. The number of nitrogens with one attached hydrogen (secondary N) is 1. The summed E-state index contributed by atoms with van der Waals surface area (Å²) >= 11 is 0. The van der Waals surface area contributed by atoms with Gasteiger partial charge in [0.25, 0.3) is 0 Å². The number of nitrogens with zero attached hydrogens (tertiary/aromatic N) is 1. The lowest BCUT2D eigenvalue weighted by molar-refractivity contribution is -0.142. The van der Waals surface area contributed by atoms with Gasteiger partial charge >= 0.3 is 5.97 Å². The van der Waals surface area contributed by atoms with E-state index in [1.807, 2.05) is 61.2 Å². The zero-order valence-corrected chi connectivity index (χ0v) is 16.5. The minimum absolute atomic E-state index is 0.109. The average molecular weight is 382 g/mol. The largest absolute Gasteiger partial charge is 0.481 e. The van der Waals surface area contributed by atoms with Crippen LogP contribution in [0.1, 0.15) is 23.1 Å². The maximum Gasteiger partial charge on any atom is 0.343 e. The molecule has 1 N–H and O–H groups in total. The van der Waals surface area contributed by atoms with Crippen LogP contribution in [0.15, 0.2) is 42.5 Å². The Bertz CT molecular complexity index is 828.